The SMILES string of the molecule is O=C(CCn1c(-c2ccccc2)cc2ccccc21)NCC1CCCN2CCCCC12. The predicted octanol–water partition coefficient (Wildman–Crippen LogP) is 5.08. The zero-order valence-electron chi connectivity index (χ0n) is 18.3. The van der Waals surface area contributed by atoms with Gasteiger partial charge in [0, 0.05) is 42.1 Å². The van der Waals surface area contributed by atoms with Gasteiger partial charge >= 0.3 is 0 Å². The van der Waals surface area contributed by atoms with Gasteiger partial charge in [0.05, 0.1) is 0 Å². The van der Waals surface area contributed by atoms with Crippen molar-refractivity contribution in [3.8, 4) is 11.3 Å². The van der Waals surface area contributed by atoms with Crippen LogP contribution in [0.15, 0.2) is 60.7 Å². The Morgan fingerprint density at radius 3 is 2.65 bits per heavy atom. The highest BCUT2D eigenvalue weighted by Gasteiger charge is 2.32. The molecule has 4 nitrogen and oxygen atoms in total. The van der Waals surface area contributed by atoms with Crippen LogP contribution in [-0.4, -0.2) is 41.1 Å². The Balaban J connectivity index is 1.25. The molecule has 2 aliphatic rings. The maximum atomic E-state index is 12.8. The Kier molecular flexibility index (Phi) is 6.08. The third-order valence-electron chi connectivity index (χ3n) is 7.23. The Labute approximate surface area is 185 Å². The van der Waals surface area contributed by atoms with Crippen molar-refractivity contribution in [2.45, 2.75) is 51.1 Å². The van der Waals surface area contributed by atoms with E-state index in [-0.39, 0.29) is 5.91 Å². The number of carbonyl (C=O) groups excluding carboxylic acids is 1. The average molecular weight is 416 g/mol. The van der Waals surface area contributed by atoms with Gasteiger partial charge in [-0.15, -0.1) is 0 Å². The lowest BCUT2D eigenvalue weighted by Gasteiger charge is -2.44. The lowest BCUT2D eigenvalue weighted by Crippen LogP contribution is -2.51. The van der Waals surface area contributed by atoms with Crippen LogP contribution in [0, 0.1) is 5.92 Å². The fraction of sp³-hybridized carbons (Fsp3) is 0.444. The summed E-state index contributed by atoms with van der Waals surface area (Å²) < 4.78 is 2.30. The van der Waals surface area contributed by atoms with Crippen LogP contribution in [-0.2, 0) is 11.3 Å². The summed E-state index contributed by atoms with van der Waals surface area (Å²) in [5.74, 6) is 0.787. The molecule has 0 aliphatic carbocycles. The molecule has 3 aromatic rings. The molecule has 5 rings (SSSR count). The molecule has 0 saturated carbocycles. The van der Waals surface area contributed by atoms with E-state index in [0.29, 0.717) is 24.9 Å². The number of carbonyl (C=O) groups is 1. The summed E-state index contributed by atoms with van der Waals surface area (Å²) >= 11 is 0. The van der Waals surface area contributed by atoms with E-state index >= 15 is 0 Å². The maximum absolute atomic E-state index is 12.8. The highest BCUT2D eigenvalue weighted by atomic mass is 16.1. The number of piperidine rings is 2. The van der Waals surface area contributed by atoms with Crippen LogP contribution in [0.3, 0.4) is 0 Å². The maximum Gasteiger partial charge on any atom is 0.221 e. The van der Waals surface area contributed by atoms with Gasteiger partial charge in [0.25, 0.3) is 0 Å². The molecule has 2 saturated heterocycles. The lowest BCUT2D eigenvalue weighted by molar-refractivity contribution is -0.121. The van der Waals surface area contributed by atoms with E-state index in [2.05, 4.69) is 69.4 Å². The van der Waals surface area contributed by atoms with Crippen molar-refractivity contribution < 1.29 is 4.79 Å². The van der Waals surface area contributed by atoms with Crippen molar-refractivity contribution in [2.24, 2.45) is 5.92 Å². The van der Waals surface area contributed by atoms with Crippen LogP contribution >= 0.6 is 0 Å². The zero-order valence-corrected chi connectivity index (χ0v) is 18.3. The molecule has 2 aliphatic heterocycles. The third kappa shape index (κ3) is 4.40. The number of nitrogens with one attached hydrogen (secondary N) is 1. The Bertz CT molecular complexity index is 1020. The minimum absolute atomic E-state index is 0.171. The second-order valence-electron chi connectivity index (χ2n) is 9.16. The number of amides is 1. The summed E-state index contributed by atoms with van der Waals surface area (Å²) in [6.07, 6.45) is 7.02. The molecule has 3 heterocycles. The highest BCUT2D eigenvalue weighted by molar-refractivity contribution is 5.87. The second kappa shape index (κ2) is 9.27. The van der Waals surface area contributed by atoms with Crippen LogP contribution in [0.5, 0.6) is 0 Å². The largest absolute Gasteiger partial charge is 0.356 e. The van der Waals surface area contributed by atoms with E-state index in [1.54, 1.807) is 0 Å². The second-order valence-corrected chi connectivity index (χ2v) is 9.16. The van der Waals surface area contributed by atoms with Gasteiger partial charge < -0.3 is 14.8 Å². The van der Waals surface area contributed by atoms with Gasteiger partial charge in [-0.05, 0) is 62.4 Å². The van der Waals surface area contributed by atoms with E-state index in [9.17, 15) is 4.79 Å². The number of benzene rings is 2. The average Bonchev–Trinajstić information content (AvgIpc) is 3.20. The van der Waals surface area contributed by atoms with Crippen molar-refractivity contribution in [3.05, 3.63) is 60.7 Å². The molecule has 0 radical (unpaired) electrons. The van der Waals surface area contributed by atoms with Crippen LogP contribution in [0.4, 0.5) is 0 Å². The van der Waals surface area contributed by atoms with Crippen molar-refractivity contribution in [1.82, 2.24) is 14.8 Å². The number of hydrogen-bond donors (Lipinski definition) is 1. The number of fused-ring (bicyclic) bond motifs is 2. The van der Waals surface area contributed by atoms with Gasteiger partial charge in [0.2, 0.25) is 5.91 Å². The first-order valence-corrected chi connectivity index (χ1v) is 11.9. The smallest absolute Gasteiger partial charge is 0.221 e. The summed E-state index contributed by atoms with van der Waals surface area (Å²) in [4.78, 5) is 15.5. The molecule has 31 heavy (non-hydrogen) atoms. The van der Waals surface area contributed by atoms with Gasteiger partial charge in [-0.2, -0.15) is 0 Å². The lowest BCUT2D eigenvalue weighted by atomic mass is 9.83. The van der Waals surface area contributed by atoms with Crippen molar-refractivity contribution in [1.29, 1.82) is 0 Å². The molecule has 1 amide bonds. The van der Waals surface area contributed by atoms with Crippen molar-refractivity contribution in [3.63, 3.8) is 0 Å². The molecule has 2 unspecified atom stereocenters. The van der Waals surface area contributed by atoms with Gasteiger partial charge in [0.1, 0.15) is 0 Å². The van der Waals surface area contributed by atoms with E-state index < -0.39 is 0 Å². The van der Waals surface area contributed by atoms with Crippen LogP contribution in [0.2, 0.25) is 0 Å². The van der Waals surface area contributed by atoms with Gasteiger partial charge in [-0.1, -0.05) is 55.0 Å². The zero-order chi connectivity index (χ0) is 21.0. The number of para-hydroxylation sites is 1. The minimum atomic E-state index is 0.171. The predicted molar refractivity (Wildman–Crippen MR) is 127 cm³/mol. The fourth-order valence-electron chi connectivity index (χ4n) is 5.66. The van der Waals surface area contributed by atoms with Gasteiger partial charge in [-0.25, -0.2) is 0 Å². The summed E-state index contributed by atoms with van der Waals surface area (Å²) in [7, 11) is 0. The van der Waals surface area contributed by atoms with Gasteiger partial charge in [0.15, 0.2) is 0 Å². The van der Waals surface area contributed by atoms with E-state index in [1.165, 1.54) is 67.4 Å². The van der Waals surface area contributed by atoms with Gasteiger partial charge in [-0.3, -0.25) is 4.79 Å². The molecule has 2 fully saturated rings. The molecule has 0 bridgehead atoms. The quantitative estimate of drug-likeness (QED) is 0.610. The number of aryl methyl sites for hydroxylation is 1. The van der Waals surface area contributed by atoms with Crippen LogP contribution in [0.1, 0.15) is 38.5 Å². The van der Waals surface area contributed by atoms with Crippen LogP contribution in [0.25, 0.3) is 22.2 Å². The van der Waals surface area contributed by atoms with Crippen LogP contribution < -0.4 is 5.32 Å². The monoisotopic (exact) mass is 415 g/mol. The molecule has 1 aromatic heterocycles. The third-order valence-corrected chi connectivity index (χ3v) is 7.23. The first-order chi connectivity index (χ1) is 15.3. The molecular formula is C27H33N3O. The van der Waals surface area contributed by atoms with E-state index in [1.807, 2.05) is 6.07 Å². The molecule has 4 heteroatoms. The van der Waals surface area contributed by atoms with Crippen molar-refractivity contribution >= 4 is 16.8 Å². The number of aromatic nitrogens is 1. The van der Waals surface area contributed by atoms with E-state index in [4.69, 9.17) is 0 Å². The summed E-state index contributed by atoms with van der Waals surface area (Å²) in [5.41, 5.74) is 3.57. The molecule has 1 N–H and O–H groups in total. The fourth-order valence-corrected chi connectivity index (χ4v) is 5.66. The molecule has 2 atom stereocenters. The minimum Gasteiger partial charge on any atom is -0.356 e. The normalized spacial score (nSPS) is 21.7. The number of nitrogens with zero attached hydrogens (tertiary/aromatic N) is 2. The summed E-state index contributed by atoms with van der Waals surface area (Å²) in [6, 6.07) is 21.8. The van der Waals surface area contributed by atoms with Crippen molar-refractivity contribution in [2.75, 3.05) is 19.6 Å². The number of rotatable bonds is 6. The number of hydrogen-bond acceptors (Lipinski definition) is 2. The standard InChI is InChI=1S/C27H33N3O/c31-27(28-20-23-12-8-17-29-16-7-6-13-24(23)29)15-18-30-25-14-5-4-11-22(25)19-26(30)21-9-2-1-3-10-21/h1-5,9-11,14,19,23-24H,6-8,12-13,15-18,20H2,(H,28,31). The first kappa shape index (κ1) is 20.3. The Hall–Kier alpha value is -2.59. The molecule has 0 spiro atoms. The summed E-state index contributed by atoms with van der Waals surface area (Å²) in [5, 5.41) is 4.50. The topological polar surface area (TPSA) is 37.3 Å². The molecular weight excluding hydrogens is 382 g/mol. The van der Waals surface area contributed by atoms with E-state index in [0.717, 1.165) is 6.54 Å². The Morgan fingerprint density at radius 1 is 0.935 bits per heavy atom. The Morgan fingerprint density at radius 2 is 1.74 bits per heavy atom. The summed E-state index contributed by atoms with van der Waals surface area (Å²) in [6.45, 7) is 4.03. The highest BCUT2D eigenvalue weighted by Crippen LogP contribution is 2.31. The molecule has 2 aromatic carbocycles. The first-order valence-electron chi connectivity index (χ1n) is 11.9. The molecule has 162 valence electrons.